The number of hydrogen-bond donors (Lipinski definition) is 3. The molecule has 202 valence electrons. The van der Waals surface area contributed by atoms with E-state index in [9.17, 15) is 18.8 Å². The maximum Gasteiger partial charge on any atom is 0.272 e. The van der Waals surface area contributed by atoms with Crippen molar-refractivity contribution in [1.82, 2.24) is 5.32 Å². The molecule has 0 heterocycles. The summed E-state index contributed by atoms with van der Waals surface area (Å²) in [6.07, 6.45) is 1.46. The second-order valence-corrected chi connectivity index (χ2v) is 10.3. The zero-order valence-corrected chi connectivity index (χ0v) is 23.1. The van der Waals surface area contributed by atoms with Crippen LogP contribution in [-0.4, -0.2) is 23.5 Å². The molecule has 0 aliphatic rings. The van der Waals surface area contributed by atoms with Gasteiger partial charge in [0.05, 0.1) is 16.5 Å². The summed E-state index contributed by atoms with van der Waals surface area (Å²) in [7, 11) is 0. The van der Waals surface area contributed by atoms with Crippen LogP contribution in [0.4, 0.5) is 15.8 Å². The number of nitrogens with one attached hydrogen (secondary N) is 3. The van der Waals surface area contributed by atoms with Gasteiger partial charge in [0.2, 0.25) is 5.91 Å². The molecule has 4 aromatic rings. The highest BCUT2D eigenvalue weighted by Crippen LogP contribution is 2.27. The number of rotatable bonds is 9. The van der Waals surface area contributed by atoms with Gasteiger partial charge >= 0.3 is 0 Å². The van der Waals surface area contributed by atoms with Crippen LogP contribution in [-0.2, 0) is 9.59 Å². The first-order valence-electron chi connectivity index (χ1n) is 11.9. The lowest BCUT2D eigenvalue weighted by Gasteiger charge is -2.12. The van der Waals surface area contributed by atoms with Crippen LogP contribution in [0, 0.1) is 5.82 Å². The van der Waals surface area contributed by atoms with Crippen LogP contribution in [0.2, 0.25) is 10.0 Å². The number of anilines is 2. The third-order valence-electron chi connectivity index (χ3n) is 5.38. The van der Waals surface area contributed by atoms with Gasteiger partial charge in [-0.2, -0.15) is 0 Å². The van der Waals surface area contributed by atoms with Crippen molar-refractivity contribution in [3.05, 3.63) is 130 Å². The summed E-state index contributed by atoms with van der Waals surface area (Å²) in [4.78, 5) is 39.2. The molecule has 0 fully saturated rings. The molecule has 0 aliphatic heterocycles. The fraction of sp³-hybridized carbons (Fsp3) is 0.0333. The summed E-state index contributed by atoms with van der Waals surface area (Å²) >= 11 is 13.3. The van der Waals surface area contributed by atoms with Crippen LogP contribution in [0.5, 0.6) is 0 Å². The number of thioether (sulfide) groups is 1. The SMILES string of the molecule is O=C(CSc1cccc(NC(=O)/C(=C/c2ccc(F)cc2)NC(=O)c2ccccc2)c1)Nc1ccc(Cl)cc1Cl. The predicted molar refractivity (Wildman–Crippen MR) is 159 cm³/mol. The minimum absolute atomic E-state index is 0.0299. The second kappa shape index (κ2) is 13.8. The minimum Gasteiger partial charge on any atom is -0.324 e. The van der Waals surface area contributed by atoms with Gasteiger partial charge < -0.3 is 16.0 Å². The molecule has 4 rings (SSSR count). The van der Waals surface area contributed by atoms with Gasteiger partial charge in [-0.15, -0.1) is 11.8 Å². The Bertz CT molecular complexity index is 1560. The molecule has 0 saturated carbocycles. The third-order valence-corrected chi connectivity index (χ3v) is 6.92. The van der Waals surface area contributed by atoms with Gasteiger partial charge in [-0.3, -0.25) is 14.4 Å². The molecule has 0 aliphatic carbocycles. The summed E-state index contributed by atoms with van der Waals surface area (Å²) in [5.41, 5.74) is 1.77. The maximum atomic E-state index is 13.4. The molecule has 0 radical (unpaired) electrons. The van der Waals surface area contributed by atoms with Crippen molar-refractivity contribution in [2.75, 3.05) is 16.4 Å². The van der Waals surface area contributed by atoms with E-state index in [4.69, 9.17) is 23.2 Å². The average Bonchev–Trinajstić information content (AvgIpc) is 2.95. The zero-order valence-electron chi connectivity index (χ0n) is 20.8. The van der Waals surface area contributed by atoms with Gasteiger partial charge in [-0.05, 0) is 72.3 Å². The van der Waals surface area contributed by atoms with Crippen molar-refractivity contribution in [3.63, 3.8) is 0 Å². The topological polar surface area (TPSA) is 87.3 Å². The van der Waals surface area contributed by atoms with E-state index >= 15 is 0 Å². The first-order valence-corrected chi connectivity index (χ1v) is 13.6. The Morgan fingerprint density at radius 2 is 1.57 bits per heavy atom. The van der Waals surface area contributed by atoms with Crippen LogP contribution >= 0.6 is 35.0 Å². The van der Waals surface area contributed by atoms with E-state index in [0.717, 1.165) is 4.90 Å². The molecule has 4 aromatic carbocycles. The number of hydrogen-bond acceptors (Lipinski definition) is 4. The number of carbonyl (C=O) groups excluding carboxylic acids is 3. The molecule has 3 amide bonds. The van der Waals surface area contributed by atoms with E-state index in [2.05, 4.69) is 16.0 Å². The highest BCUT2D eigenvalue weighted by atomic mass is 35.5. The lowest BCUT2D eigenvalue weighted by molar-refractivity contribution is -0.114. The van der Waals surface area contributed by atoms with E-state index in [1.165, 1.54) is 42.1 Å². The average molecular weight is 594 g/mol. The number of benzene rings is 4. The molecule has 10 heteroatoms. The van der Waals surface area contributed by atoms with E-state index in [0.29, 0.717) is 32.5 Å². The lowest BCUT2D eigenvalue weighted by Crippen LogP contribution is -2.30. The Kier molecular flexibility index (Phi) is 9.96. The van der Waals surface area contributed by atoms with Crippen LogP contribution < -0.4 is 16.0 Å². The standard InChI is InChI=1S/C30H22Cl2FN3O3S/c31-21-11-14-26(25(32)16-21)35-28(37)18-40-24-8-4-7-23(17-24)34-30(39)27(15-19-9-12-22(33)13-10-19)36-29(38)20-5-2-1-3-6-20/h1-17H,18H2,(H,34,39)(H,35,37)(H,36,38)/b27-15-. The van der Waals surface area contributed by atoms with Gasteiger partial charge in [0.15, 0.2) is 0 Å². The molecule has 0 unspecified atom stereocenters. The van der Waals surface area contributed by atoms with E-state index in [1.807, 2.05) is 0 Å². The van der Waals surface area contributed by atoms with Crippen molar-refractivity contribution >= 4 is 70.1 Å². The van der Waals surface area contributed by atoms with Gasteiger partial charge in [0, 0.05) is 21.2 Å². The van der Waals surface area contributed by atoms with E-state index in [-0.39, 0.29) is 17.4 Å². The Balaban J connectivity index is 1.44. The Morgan fingerprint density at radius 1 is 0.825 bits per heavy atom. The van der Waals surface area contributed by atoms with E-state index < -0.39 is 17.6 Å². The first-order chi connectivity index (χ1) is 19.3. The van der Waals surface area contributed by atoms with Crippen LogP contribution in [0.15, 0.2) is 108 Å². The highest BCUT2D eigenvalue weighted by Gasteiger charge is 2.16. The van der Waals surface area contributed by atoms with Crippen molar-refractivity contribution in [2.45, 2.75) is 4.90 Å². The first kappa shape index (κ1) is 28.9. The molecule has 3 N–H and O–H groups in total. The third kappa shape index (κ3) is 8.44. The minimum atomic E-state index is -0.578. The van der Waals surface area contributed by atoms with Gasteiger partial charge in [0.25, 0.3) is 11.8 Å². The van der Waals surface area contributed by atoms with Crippen molar-refractivity contribution in [1.29, 1.82) is 0 Å². The highest BCUT2D eigenvalue weighted by molar-refractivity contribution is 8.00. The smallest absolute Gasteiger partial charge is 0.272 e. The van der Waals surface area contributed by atoms with Crippen LogP contribution in [0.1, 0.15) is 15.9 Å². The Hall–Kier alpha value is -4.11. The lowest BCUT2D eigenvalue weighted by atomic mass is 10.1. The molecule has 0 spiro atoms. The van der Waals surface area contributed by atoms with Crippen molar-refractivity contribution < 1.29 is 18.8 Å². The van der Waals surface area contributed by atoms with Crippen LogP contribution in [0.25, 0.3) is 6.08 Å². The Labute approximate surface area is 244 Å². The quantitative estimate of drug-likeness (QED) is 0.141. The van der Waals surface area contributed by atoms with Crippen molar-refractivity contribution in [3.8, 4) is 0 Å². The summed E-state index contributed by atoms with van der Waals surface area (Å²) in [5.74, 6) is -1.64. The number of halogens is 3. The molecular formula is C30H22Cl2FN3O3S. The normalized spacial score (nSPS) is 11.0. The monoisotopic (exact) mass is 593 g/mol. The number of amides is 3. The fourth-order valence-electron chi connectivity index (χ4n) is 3.46. The van der Waals surface area contributed by atoms with Gasteiger partial charge in [0.1, 0.15) is 11.5 Å². The van der Waals surface area contributed by atoms with Crippen molar-refractivity contribution in [2.24, 2.45) is 0 Å². The molecule has 0 bridgehead atoms. The van der Waals surface area contributed by atoms with Gasteiger partial charge in [-0.1, -0.05) is 59.6 Å². The second-order valence-electron chi connectivity index (χ2n) is 8.37. The van der Waals surface area contributed by atoms with E-state index in [1.54, 1.807) is 72.8 Å². The molecule has 40 heavy (non-hydrogen) atoms. The van der Waals surface area contributed by atoms with Gasteiger partial charge in [-0.25, -0.2) is 4.39 Å². The summed E-state index contributed by atoms with van der Waals surface area (Å²) in [5, 5.41) is 8.95. The zero-order chi connectivity index (χ0) is 28.5. The van der Waals surface area contributed by atoms with Crippen LogP contribution in [0.3, 0.4) is 0 Å². The largest absolute Gasteiger partial charge is 0.324 e. The summed E-state index contributed by atoms with van der Waals surface area (Å²) in [6, 6.07) is 25.7. The predicted octanol–water partition coefficient (Wildman–Crippen LogP) is 7.27. The number of carbonyl (C=O) groups is 3. The summed E-state index contributed by atoms with van der Waals surface area (Å²) < 4.78 is 13.4. The summed E-state index contributed by atoms with van der Waals surface area (Å²) in [6.45, 7) is 0. The Morgan fingerprint density at radius 3 is 2.30 bits per heavy atom. The molecule has 0 aromatic heterocycles. The fourth-order valence-corrected chi connectivity index (χ4v) is 4.67. The molecule has 6 nitrogen and oxygen atoms in total. The molecular weight excluding hydrogens is 572 g/mol. The maximum absolute atomic E-state index is 13.4. The molecule has 0 atom stereocenters. The molecule has 0 saturated heterocycles.